The Kier molecular flexibility index (Phi) is 8.85. The lowest BCUT2D eigenvalue weighted by molar-refractivity contribution is -0.139. The first-order valence-electron chi connectivity index (χ1n) is 10.8. The number of hydrogen-bond acceptors (Lipinski definition) is 7. The molecular formula is C23H29N3O7S. The fourth-order valence-electron chi connectivity index (χ4n) is 3.41. The highest BCUT2D eigenvalue weighted by Gasteiger charge is 2.26. The van der Waals surface area contributed by atoms with Gasteiger partial charge in [0.05, 0.1) is 32.3 Å². The summed E-state index contributed by atoms with van der Waals surface area (Å²) in [4.78, 5) is 24.4. The van der Waals surface area contributed by atoms with Gasteiger partial charge in [0, 0.05) is 26.2 Å². The maximum atomic E-state index is 12.7. The predicted octanol–water partition coefficient (Wildman–Crippen LogP) is 0.700. The van der Waals surface area contributed by atoms with Crippen LogP contribution in [0.2, 0.25) is 0 Å². The van der Waals surface area contributed by atoms with Crippen LogP contribution >= 0.6 is 0 Å². The Hall–Kier alpha value is -3.15. The van der Waals surface area contributed by atoms with E-state index in [9.17, 15) is 18.0 Å². The average Bonchev–Trinajstić information content (AvgIpc) is 2.87. The molecule has 1 aliphatic rings. The van der Waals surface area contributed by atoms with Crippen LogP contribution in [0.25, 0.3) is 0 Å². The monoisotopic (exact) mass is 491 g/mol. The molecule has 0 saturated carbocycles. The zero-order valence-corrected chi connectivity index (χ0v) is 20.0. The molecule has 1 fully saturated rings. The minimum Gasteiger partial charge on any atom is -0.493 e. The van der Waals surface area contributed by atoms with Crippen LogP contribution in [-0.4, -0.2) is 71.6 Å². The van der Waals surface area contributed by atoms with E-state index in [4.69, 9.17) is 14.2 Å². The van der Waals surface area contributed by atoms with Gasteiger partial charge in [-0.2, -0.15) is 4.31 Å². The molecule has 10 nitrogen and oxygen atoms in total. The summed E-state index contributed by atoms with van der Waals surface area (Å²) in [5.41, 5.74) is 1.60. The molecule has 0 radical (unpaired) electrons. The molecule has 0 atom stereocenters. The van der Waals surface area contributed by atoms with Crippen LogP contribution in [0.4, 0.5) is 0 Å². The van der Waals surface area contributed by atoms with E-state index in [1.165, 1.54) is 16.4 Å². The number of rotatable bonds is 9. The van der Waals surface area contributed by atoms with Crippen molar-refractivity contribution in [2.24, 2.45) is 0 Å². The van der Waals surface area contributed by atoms with Crippen molar-refractivity contribution in [2.75, 3.05) is 47.1 Å². The van der Waals surface area contributed by atoms with Crippen LogP contribution in [-0.2, 0) is 37.3 Å². The van der Waals surface area contributed by atoms with Gasteiger partial charge in [0.1, 0.15) is 0 Å². The zero-order chi connectivity index (χ0) is 24.6. The van der Waals surface area contributed by atoms with Crippen LogP contribution in [0.15, 0.2) is 47.4 Å². The Labute approximate surface area is 199 Å². The van der Waals surface area contributed by atoms with Crippen molar-refractivity contribution in [1.82, 2.24) is 14.9 Å². The minimum absolute atomic E-state index is 0.0970. The Morgan fingerprint density at radius 2 is 1.53 bits per heavy atom. The van der Waals surface area contributed by atoms with Gasteiger partial charge in [-0.05, 0) is 41.8 Å². The highest BCUT2D eigenvalue weighted by Crippen LogP contribution is 2.27. The lowest BCUT2D eigenvalue weighted by Gasteiger charge is -2.26. The molecule has 0 unspecified atom stereocenters. The number of benzene rings is 2. The van der Waals surface area contributed by atoms with Crippen LogP contribution in [0.1, 0.15) is 11.1 Å². The normalized spacial score (nSPS) is 14.3. The summed E-state index contributed by atoms with van der Waals surface area (Å²) in [5.74, 6) is -0.307. The third kappa shape index (κ3) is 6.46. The summed E-state index contributed by atoms with van der Waals surface area (Å²) in [6, 6.07) is 11.7. The molecule has 0 spiro atoms. The molecule has 1 saturated heterocycles. The van der Waals surface area contributed by atoms with Gasteiger partial charge in [-0.25, -0.2) is 8.42 Å². The Bertz CT molecular complexity index is 1100. The van der Waals surface area contributed by atoms with Crippen molar-refractivity contribution in [2.45, 2.75) is 17.9 Å². The van der Waals surface area contributed by atoms with Gasteiger partial charge in [0.2, 0.25) is 10.0 Å². The number of nitrogens with zero attached hydrogens (tertiary/aromatic N) is 1. The second-order valence-corrected chi connectivity index (χ2v) is 9.48. The lowest BCUT2D eigenvalue weighted by Crippen LogP contribution is -2.40. The summed E-state index contributed by atoms with van der Waals surface area (Å²) >= 11 is 0. The fourth-order valence-corrected chi connectivity index (χ4v) is 4.82. The van der Waals surface area contributed by atoms with Crippen molar-refractivity contribution in [3.8, 4) is 11.5 Å². The highest BCUT2D eigenvalue weighted by atomic mass is 32.2. The molecular weight excluding hydrogens is 462 g/mol. The molecule has 0 aromatic heterocycles. The standard InChI is InChI=1S/C23H29N3O7S/c1-31-20-8-5-17(15-21(20)32-2)9-10-24-22(27)23(28)25-16-18-3-6-19(7-4-18)34(29,30)26-11-13-33-14-12-26/h3-8,15H,9-14,16H2,1-2H3,(H,24,27)(H,25,28). The number of methoxy groups -OCH3 is 2. The topological polar surface area (TPSA) is 123 Å². The molecule has 34 heavy (non-hydrogen) atoms. The van der Waals surface area contributed by atoms with E-state index >= 15 is 0 Å². The number of nitrogens with one attached hydrogen (secondary N) is 2. The molecule has 1 heterocycles. The van der Waals surface area contributed by atoms with Crippen molar-refractivity contribution < 1.29 is 32.2 Å². The molecule has 184 valence electrons. The summed E-state index contributed by atoms with van der Waals surface area (Å²) in [5, 5.41) is 5.12. The summed E-state index contributed by atoms with van der Waals surface area (Å²) < 4.78 is 42.4. The number of carbonyl (C=O) groups excluding carboxylic acids is 2. The molecule has 11 heteroatoms. The molecule has 3 rings (SSSR count). The average molecular weight is 492 g/mol. The molecule has 0 bridgehead atoms. The van der Waals surface area contributed by atoms with Crippen LogP contribution < -0.4 is 20.1 Å². The van der Waals surface area contributed by atoms with Crippen LogP contribution in [0.5, 0.6) is 11.5 Å². The number of amides is 2. The van der Waals surface area contributed by atoms with E-state index in [2.05, 4.69) is 10.6 Å². The first-order valence-corrected chi connectivity index (χ1v) is 12.2. The van der Waals surface area contributed by atoms with E-state index in [1.54, 1.807) is 32.4 Å². The zero-order valence-electron chi connectivity index (χ0n) is 19.2. The van der Waals surface area contributed by atoms with Gasteiger partial charge < -0.3 is 24.8 Å². The fraction of sp³-hybridized carbons (Fsp3) is 0.391. The Morgan fingerprint density at radius 1 is 0.912 bits per heavy atom. The van der Waals surface area contributed by atoms with Gasteiger partial charge in [-0.15, -0.1) is 0 Å². The van der Waals surface area contributed by atoms with E-state index in [0.717, 1.165) is 5.56 Å². The SMILES string of the molecule is COc1ccc(CCNC(=O)C(=O)NCc2ccc(S(=O)(=O)N3CCOCC3)cc2)cc1OC. The molecule has 2 amide bonds. The first-order chi connectivity index (χ1) is 16.3. The van der Waals surface area contributed by atoms with Gasteiger partial charge in [-0.1, -0.05) is 18.2 Å². The molecule has 2 aromatic carbocycles. The second kappa shape index (κ2) is 11.8. The maximum absolute atomic E-state index is 12.7. The van der Waals surface area contributed by atoms with E-state index in [1.807, 2.05) is 12.1 Å². The number of hydrogen-bond donors (Lipinski definition) is 2. The summed E-state index contributed by atoms with van der Waals surface area (Å²) in [6.45, 7) is 1.76. The number of ether oxygens (including phenoxy) is 3. The van der Waals surface area contributed by atoms with Crippen molar-refractivity contribution >= 4 is 21.8 Å². The van der Waals surface area contributed by atoms with Crippen LogP contribution in [0, 0.1) is 0 Å². The van der Waals surface area contributed by atoms with Gasteiger partial charge in [-0.3, -0.25) is 9.59 Å². The number of carbonyl (C=O) groups is 2. The molecule has 1 aliphatic heterocycles. The molecule has 2 aromatic rings. The Morgan fingerprint density at radius 3 is 2.18 bits per heavy atom. The Balaban J connectivity index is 1.45. The number of morpholine rings is 1. The summed E-state index contributed by atoms with van der Waals surface area (Å²) in [7, 11) is -0.479. The lowest BCUT2D eigenvalue weighted by atomic mass is 10.1. The summed E-state index contributed by atoms with van der Waals surface area (Å²) in [6.07, 6.45) is 0.512. The second-order valence-electron chi connectivity index (χ2n) is 7.54. The van der Waals surface area contributed by atoms with Gasteiger partial charge >= 0.3 is 11.8 Å². The molecule has 2 N–H and O–H groups in total. The third-order valence-corrected chi connectivity index (χ3v) is 7.25. The predicted molar refractivity (Wildman–Crippen MR) is 124 cm³/mol. The van der Waals surface area contributed by atoms with E-state index < -0.39 is 21.8 Å². The number of sulfonamides is 1. The molecule has 0 aliphatic carbocycles. The van der Waals surface area contributed by atoms with E-state index in [0.29, 0.717) is 49.8 Å². The smallest absolute Gasteiger partial charge is 0.309 e. The van der Waals surface area contributed by atoms with Crippen LogP contribution in [0.3, 0.4) is 0 Å². The quantitative estimate of drug-likeness (QED) is 0.495. The van der Waals surface area contributed by atoms with Gasteiger partial charge in [0.15, 0.2) is 11.5 Å². The van der Waals surface area contributed by atoms with Gasteiger partial charge in [0.25, 0.3) is 0 Å². The maximum Gasteiger partial charge on any atom is 0.309 e. The van der Waals surface area contributed by atoms with Crippen molar-refractivity contribution in [3.63, 3.8) is 0 Å². The van der Waals surface area contributed by atoms with Crippen molar-refractivity contribution in [3.05, 3.63) is 53.6 Å². The first kappa shape index (κ1) is 25.5. The third-order valence-electron chi connectivity index (χ3n) is 5.34. The largest absolute Gasteiger partial charge is 0.493 e. The highest BCUT2D eigenvalue weighted by molar-refractivity contribution is 7.89. The van der Waals surface area contributed by atoms with E-state index in [-0.39, 0.29) is 18.0 Å². The minimum atomic E-state index is -3.58. The van der Waals surface area contributed by atoms with Crippen molar-refractivity contribution in [1.29, 1.82) is 0 Å².